The third kappa shape index (κ3) is 8.21. The van der Waals surface area contributed by atoms with E-state index in [4.69, 9.17) is 9.97 Å². The van der Waals surface area contributed by atoms with E-state index >= 15 is 0 Å². The Morgan fingerprint density at radius 1 is 0.898 bits per heavy atom. The van der Waals surface area contributed by atoms with Gasteiger partial charge in [-0.15, -0.1) is 0 Å². The van der Waals surface area contributed by atoms with Gasteiger partial charge >= 0.3 is 0 Å². The number of sulfonamides is 1. The number of aromatic nitrogens is 4. The molecule has 2 fully saturated rings. The first-order valence-corrected chi connectivity index (χ1v) is 20.6. The van der Waals surface area contributed by atoms with E-state index in [-0.39, 0.29) is 24.6 Å². The zero-order chi connectivity index (χ0) is 34.9. The van der Waals surface area contributed by atoms with Gasteiger partial charge in [0.1, 0.15) is 5.65 Å². The third-order valence-corrected chi connectivity index (χ3v) is 12.7. The molecule has 1 atom stereocenters. The Labute approximate surface area is 289 Å². The highest BCUT2D eigenvalue weighted by Gasteiger charge is 2.24. The molecule has 0 radical (unpaired) electrons. The van der Waals surface area contributed by atoms with Crippen molar-refractivity contribution in [1.82, 2.24) is 33.0 Å². The number of likely N-dealkylation sites (tertiary alicyclic amines) is 1. The Balaban J connectivity index is 1.27. The molecule has 1 N–H and O–H groups in total. The average molecular weight is 707 g/mol. The van der Waals surface area contributed by atoms with Crippen molar-refractivity contribution in [1.29, 1.82) is 0 Å². The fourth-order valence-electron chi connectivity index (χ4n) is 6.71. The van der Waals surface area contributed by atoms with Gasteiger partial charge in [-0.3, -0.25) is 18.6 Å². The number of pyridine rings is 2. The van der Waals surface area contributed by atoms with Crippen LogP contribution in [0.3, 0.4) is 0 Å². The van der Waals surface area contributed by atoms with Gasteiger partial charge < -0.3 is 10.2 Å². The van der Waals surface area contributed by atoms with Crippen molar-refractivity contribution in [3.05, 3.63) is 76.3 Å². The van der Waals surface area contributed by atoms with Gasteiger partial charge in [0.15, 0.2) is 0 Å². The van der Waals surface area contributed by atoms with E-state index in [1.165, 1.54) is 21.5 Å². The van der Waals surface area contributed by atoms with E-state index in [2.05, 4.69) is 40.3 Å². The summed E-state index contributed by atoms with van der Waals surface area (Å²) in [4.78, 5) is 30.4. The van der Waals surface area contributed by atoms with Gasteiger partial charge in [-0.05, 0) is 98.9 Å². The lowest BCUT2D eigenvalue weighted by Crippen LogP contribution is -2.37. The maximum absolute atomic E-state index is 14.1. The Kier molecular flexibility index (Phi) is 10.2. The summed E-state index contributed by atoms with van der Waals surface area (Å²) in [5, 5.41) is 3.91. The molecule has 6 rings (SSSR count). The lowest BCUT2D eigenvalue weighted by molar-refractivity contribution is 0.255. The largest absolute Gasteiger partial charge is 0.324 e. The molecule has 12 nitrogen and oxygen atoms in total. The normalized spacial score (nSPS) is 18.6. The predicted octanol–water partition coefficient (Wildman–Crippen LogP) is 3.74. The van der Waals surface area contributed by atoms with Crippen molar-refractivity contribution in [2.45, 2.75) is 44.1 Å². The third-order valence-electron chi connectivity index (χ3n) is 9.92. The number of anilines is 2. The Morgan fingerprint density at radius 2 is 1.53 bits per heavy atom. The van der Waals surface area contributed by atoms with Gasteiger partial charge in [0.2, 0.25) is 16.0 Å². The molecule has 0 bridgehead atoms. The molecule has 2 saturated heterocycles. The number of piperidine rings is 2. The molecule has 0 saturated carbocycles. The first-order chi connectivity index (χ1) is 23.3. The zero-order valence-electron chi connectivity index (χ0n) is 28.7. The molecular weight excluding hydrogens is 661 g/mol. The summed E-state index contributed by atoms with van der Waals surface area (Å²) in [6, 6.07) is 14.0. The second-order valence-corrected chi connectivity index (χ2v) is 18.1. The minimum Gasteiger partial charge on any atom is -0.324 e. The summed E-state index contributed by atoms with van der Waals surface area (Å²) in [6.07, 6.45) is 10.3. The van der Waals surface area contributed by atoms with E-state index in [0.29, 0.717) is 47.2 Å². The van der Waals surface area contributed by atoms with Crippen molar-refractivity contribution >= 4 is 48.3 Å². The lowest BCUT2D eigenvalue weighted by atomic mass is 9.89. The van der Waals surface area contributed by atoms with Crippen LogP contribution in [0.15, 0.2) is 59.7 Å². The smallest absolute Gasteiger partial charge is 0.261 e. The van der Waals surface area contributed by atoms with Crippen LogP contribution in [0.4, 0.5) is 11.6 Å². The van der Waals surface area contributed by atoms with Gasteiger partial charge in [-0.2, -0.15) is 4.98 Å². The Morgan fingerprint density at radius 3 is 2.14 bits per heavy atom. The van der Waals surface area contributed by atoms with Crippen LogP contribution in [0, 0.1) is 0 Å². The molecule has 262 valence electrons. The highest BCUT2D eigenvalue weighted by atomic mass is 32.2. The quantitative estimate of drug-likeness (QED) is 0.245. The minimum atomic E-state index is -3.46. The number of likely N-dealkylation sites (N-methyl/N-ethyl adjacent to an activating group) is 1. The number of nitrogens with zero attached hydrogens (tertiary/aromatic N) is 7. The topological polar surface area (TPSA) is 134 Å². The van der Waals surface area contributed by atoms with Crippen LogP contribution in [-0.4, -0.2) is 111 Å². The van der Waals surface area contributed by atoms with Crippen LogP contribution in [0.2, 0.25) is 0 Å². The number of nitrogens with one attached hydrogen (secondary N) is 1. The molecule has 5 heterocycles. The number of rotatable bonds is 10. The van der Waals surface area contributed by atoms with Crippen LogP contribution < -0.4 is 10.9 Å². The van der Waals surface area contributed by atoms with Gasteiger partial charge in [-0.25, -0.2) is 22.0 Å². The van der Waals surface area contributed by atoms with Crippen LogP contribution >= 0.6 is 0 Å². The van der Waals surface area contributed by atoms with E-state index in [0.717, 1.165) is 56.3 Å². The van der Waals surface area contributed by atoms with Crippen molar-refractivity contribution in [3.8, 4) is 11.3 Å². The van der Waals surface area contributed by atoms with Crippen LogP contribution in [0.5, 0.6) is 0 Å². The van der Waals surface area contributed by atoms with Crippen LogP contribution in [-0.2, 0) is 26.3 Å². The van der Waals surface area contributed by atoms with E-state index in [1.807, 2.05) is 34.8 Å². The van der Waals surface area contributed by atoms with E-state index in [9.17, 15) is 17.4 Å². The summed E-state index contributed by atoms with van der Waals surface area (Å²) in [5.74, 6) is 4.98. The molecule has 2 aliphatic rings. The minimum absolute atomic E-state index is 0.0882. The summed E-state index contributed by atoms with van der Waals surface area (Å²) in [6.45, 7) is 3.80. The zero-order valence-corrected chi connectivity index (χ0v) is 30.3. The lowest BCUT2D eigenvalue weighted by Gasteiger charge is -2.32. The van der Waals surface area contributed by atoms with Gasteiger partial charge in [0.05, 0.1) is 17.5 Å². The summed E-state index contributed by atoms with van der Waals surface area (Å²) in [7, 11) is -2.02. The maximum Gasteiger partial charge on any atom is 0.261 e. The number of hydrogen-bond donors (Lipinski definition) is 1. The second-order valence-electron chi connectivity index (χ2n) is 13.5. The SMILES string of the molecule is C=S(C)(=O)N1CCC(c2ccc(-c3cc4cnc(Nc5ccc(C6CCN(C)CC6)cc5)nc4n(CCN(C)S(C)(=O)=O)c3=O)nc2)CC1. The molecule has 1 aromatic carbocycles. The first kappa shape index (κ1) is 35.1. The molecular formula is C35H46N8O4S2. The van der Waals surface area contributed by atoms with Gasteiger partial charge in [0, 0.05) is 72.7 Å². The summed E-state index contributed by atoms with van der Waals surface area (Å²) >= 11 is 0. The van der Waals surface area contributed by atoms with E-state index < -0.39 is 19.7 Å². The molecule has 0 aliphatic carbocycles. The van der Waals surface area contributed by atoms with Gasteiger partial charge in [-0.1, -0.05) is 18.2 Å². The standard InChI is InChI=1S/C35H46N8O4S2/c1-40-16-12-26(13-17-40)25-6-9-30(10-7-25)38-35-37-24-29-22-31(34(44)43(33(29)39-35)21-20-41(2)49(5,46)47)32-11-8-28(23-36-32)27-14-18-42(19-15-27)48(3,4)45/h6-11,22-24,26-27H,3,12-21H2,1-2,4-5H3,(H,37,38,39). The number of benzene rings is 1. The average Bonchev–Trinajstić information content (AvgIpc) is 3.08. The van der Waals surface area contributed by atoms with Crippen molar-refractivity contribution < 1.29 is 12.6 Å². The van der Waals surface area contributed by atoms with E-state index in [1.54, 1.807) is 18.5 Å². The molecule has 14 heteroatoms. The summed E-state index contributed by atoms with van der Waals surface area (Å²) in [5.41, 5.74) is 4.21. The molecule has 0 spiro atoms. The molecule has 3 aromatic heterocycles. The first-order valence-electron chi connectivity index (χ1n) is 16.7. The highest BCUT2D eigenvalue weighted by Crippen LogP contribution is 2.31. The van der Waals surface area contributed by atoms with Gasteiger partial charge in [0.25, 0.3) is 5.56 Å². The fraction of sp³-hybridized carbons (Fsp3) is 0.457. The van der Waals surface area contributed by atoms with Crippen LogP contribution in [0.1, 0.15) is 48.6 Å². The molecule has 2 aliphatic heterocycles. The fourth-order valence-corrected chi connectivity index (χ4v) is 8.10. The molecule has 49 heavy (non-hydrogen) atoms. The van der Waals surface area contributed by atoms with Crippen molar-refractivity contribution in [2.24, 2.45) is 0 Å². The highest BCUT2D eigenvalue weighted by molar-refractivity contribution is 7.97. The molecule has 0 amide bonds. The Bertz CT molecular complexity index is 2070. The maximum atomic E-state index is 14.1. The molecule has 4 aromatic rings. The van der Waals surface area contributed by atoms with Crippen molar-refractivity contribution in [2.75, 3.05) is 64.6 Å². The Hall–Kier alpha value is -3.69. The number of fused-ring (bicyclic) bond motifs is 1. The number of hydrogen-bond acceptors (Lipinski definition) is 9. The summed E-state index contributed by atoms with van der Waals surface area (Å²) < 4.78 is 41.4. The second kappa shape index (κ2) is 14.3. The van der Waals surface area contributed by atoms with Crippen LogP contribution in [0.25, 0.3) is 22.3 Å². The molecule has 1 unspecified atom stereocenters. The van der Waals surface area contributed by atoms with Crippen molar-refractivity contribution in [3.63, 3.8) is 0 Å². The monoisotopic (exact) mass is 706 g/mol. The predicted molar refractivity (Wildman–Crippen MR) is 198 cm³/mol.